The van der Waals surface area contributed by atoms with Crippen LogP contribution in [-0.4, -0.2) is 0 Å². The van der Waals surface area contributed by atoms with E-state index in [9.17, 15) is 0 Å². The Bertz CT molecular complexity index is 541. The summed E-state index contributed by atoms with van der Waals surface area (Å²) in [6.45, 7) is 7.03. The average Bonchev–Trinajstić information content (AvgIpc) is 2.33. The quantitative estimate of drug-likeness (QED) is 0.828. The van der Waals surface area contributed by atoms with Gasteiger partial charge in [0.05, 0.1) is 0 Å². The van der Waals surface area contributed by atoms with Gasteiger partial charge in [-0.05, 0) is 54.7 Å². The smallest absolute Gasteiger partial charge is 0.0178 e. The number of rotatable bonds is 2. The molecule has 0 aromatic heterocycles. The largest absolute Gasteiger partial charge is 0.326 e. The minimum absolute atomic E-state index is 0.595. The Morgan fingerprint density at radius 3 is 2.06 bits per heavy atom. The molecule has 0 heterocycles. The molecule has 0 aliphatic rings. The Balaban J connectivity index is 2.62. The predicted octanol–water partition coefficient (Wildman–Crippen LogP) is 3.74. The molecule has 88 valence electrons. The van der Waals surface area contributed by atoms with Crippen molar-refractivity contribution >= 4 is 0 Å². The lowest BCUT2D eigenvalue weighted by Gasteiger charge is -2.12. The zero-order chi connectivity index (χ0) is 12.4. The molecule has 1 heteroatoms. The van der Waals surface area contributed by atoms with Crippen LogP contribution in [0.1, 0.15) is 22.3 Å². The van der Waals surface area contributed by atoms with E-state index in [4.69, 9.17) is 5.73 Å². The summed E-state index contributed by atoms with van der Waals surface area (Å²) < 4.78 is 0. The second-order valence-electron chi connectivity index (χ2n) is 4.67. The average molecular weight is 225 g/mol. The lowest BCUT2D eigenvalue weighted by atomic mass is 9.93. The Kier molecular flexibility index (Phi) is 3.30. The molecule has 17 heavy (non-hydrogen) atoms. The summed E-state index contributed by atoms with van der Waals surface area (Å²) in [6, 6.07) is 13.0. The van der Waals surface area contributed by atoms with Crippen LogP contribution < -0.4 is 5.73 Å². The lowest BCUT2D eigenvalue weighted by Crippen LogP contribution is -1.97. The van der Waals surface area contributed by atoms with Crippen molar-refractivity contribution in [1.29, 1.82) is 0 Å². The third kappa shape index (κ3) is 2.40. The first kappa shape index (κ1) is 11.9. The van der Waals surface area contributed by atoms with Gasteiger partial charge in [-0.2, -0.15) is 0 Å². The van der Waals surface area contributed by atoms with Gasteiger partial charge in [0.15, 0.2) is 0 Å². The number of nitrogens with two attached hydrogens (primary N) is 1. The molecule has 0 amide bonds. The molecule has 0 radical (unpaired) electrons. The second-order valence-corrected chi connectivity index (χ2v) is 4.67. The fourth-order valence-electron chi connectivity index (χ4n) is 2.11. The minimum Gasteiger partial charge on any atom is -0.326 e. The molecule has 2 aromatic rings. The van der Waals surface area contributed by atoms with Gasteiger partial charge in [0.2, 0.25) is 0 Å². The molecular weight excluding hydrogens is 206 g/mol. The predicted molar refractivity (Wildman–Crippen MR) is 74.0 cm³/mol. The molecule has 2 rings (SSSR count). The van der Waals surface area contributed by atoms with Crippen molar-refractivity contribution in [3.8, 4) is 11.1 Å². The third-order valence-electron chi connectivity index (χ3n) is 3.22. The monoisotopic (exact) mass is 225 g/mol. The highest BCUT2D eigenvalue weighted by Crippen LogP contribution is 2.28. The Morgan fingerprint density at radius 1 is 0.824 bits per heavy atom. The van der Waals surface area contributed by atoms with E-state index in [1.165, 1.54) is 33.4 Å². The first-order valence-corrected chi connectivity index (χ1v) is 5.99. The van der Waals surface area contributed by atoms with E-state index in [0.29, 0.717) is 6.54 Å². The SMILES string of the molecule is Cc1ccc(C)c(-c2cc(CN)ccc2C)c1. The molecule has 0 saturated carbocycles. The van der Waals surface area contributed by atoms with E-state index in [2.05, 4.69) is 57.2 Å². The van der Waals surface area contributed by atoms with Gasteiger partial charge >= 0.3 is 0 Å². The van der Waals surface area contributed by atoms with Gasteiger partial charge in [-0.25, -0.2) is 0 Å². The first-order chi connectivity index (χ1) is 8.11. The van der Waals surface area contributed by atoms with Crippen molar-refractivity contribution in [3.05, 3.63) is 58.7 Å². The van der Waals surface area contributed by atoms with Crippen LogP contribution in [0.2, 0.25) is 0 Å². The van der Waals surface area contributed by atoms with Crippen molar-refractivity contribution in [2.45, 2.75) is 27.3 Å². The van der Waals surface area contributed by atoms with Crippen LogP contribution in [0.25, 0.3) is 11.1 Å². The van der Waals surface area contributed by atoms with Crippen LogP contribution in [-0.2, 0) is 6.54 Å². The van der Waals surface area contributed by atoms with Crippen molar-refractivity contribution in [2.75, 3.05) is 0 Å². The molecule has 2 N–H and O–H groups in total. The Labute approximate surface area is 103 Å². The van der Waals surface area contributed by atoms with Crippen molar-refractivity contribution in [1.82, 2.24) is 0 Å². The van der Waals surface area contributed by atoms with Crippen molar-refractivity contribution in [3.63, 3.8) is 0 Å². The molecule has 0 saturated heterocycles. The maximum Gasteiger partial charge on any atom is 0.0178 e. The van der Waals surface area contributed by atoms with Crippen LogP contribution in [0.5, 0.6) is 0 Å². The summed E-state index contributed by atoms with van der Waals surface area (Å²) in [5, 5.41) is 0. The second kappa shape index (κ2) is 4.72. The summed E-state index contributed by atoms with van der Waals surface area (Å²) in [6.07, 6.45) is 0. The number of hydrogen-bond acceptors (Lipinski definition) is 1. The molecule has 0 aliphatic heterocycles. The number of aryl methyl sites for hydroxylation is 3. The summed E-state index contributed by atoms with van der Waals surface area (Å²) in [7, 11) is 0. The van der Waals surface area contributed by atoms with Gasteiger partial charge in [0, 0.05) is 6.54 Å². The van der Waals surface area contributed by atoms with Gasteiger partial charge in [0.1, 0.15) is 0 Å². The molecule has 0 unspecified atom stereocenters. The molecule has 0 spiro atoms. The minimum atomic E-state index is 0.595. The van der Waals surface area contributed by atoms with Gasteiger partial charge in [0.25, 0.3) is 0 Å². The molecular formula is C16H19N. The molecule has 2 aromatic carbocycles. The maximum atomic E-state index is 5.71. The van der Waals surface area contributed by atoms with E-state index in [1.807, 2.05) is 0 Å². The molecule has 0 aliphatic carbocycles. The standard InChI is InChI=1S/C16H19N/c1-11-4-5-12(2)15(8-11)16-9-14(10-17)7-6-13(16)3/h4-9H,10,17H2,1-3H3. The number of benzene rings is 2. The normalized spacial score (nSPS) is 10.6. The first-order valence-electron chi connectivity index (χ1n) is 5.99. The molecule has 0 fully saturated rings. The Hall–Kier alpha value is -1.60. The Morgan fingerprint density at radius 2 is 1.41 bits per heavy atom. The zero-order valence-corrected chi connectivity index (χ0v) is 10.7. The molecule has 1 nitrogen and oxygen atoms in total. The van der Waals surface area contributed by atoms with Gasteiger partial charge in [-0.3, -0.25) is 0 Å². The third-order valence-corrected chi connectivity index (χ3v) is 3.22. The maximum absolute atomic E-state index is 5.71. The van der Waals surface area contributed by atoms with Crippen molar-refractivity contribution in [2.24, 2.45) is 5.73 Å². The van der Waals surface area contributed by atoms with Crippen LogP contribution in [0.3, 0.4) is 0 Å². The van der Waals surface area contributed by atoms with Crippen LogP contribution in [0.15, 0.2) is 36.4 Å². The highest BCUT2D eigenvalue weighted by molar-refractivity contribution is 5.71. The topological polar surface area (TPSA) is 26.0 Å². The van der Waals surface area contributed by atoms with E-state index in [-0.39, 0.29) is 0 Å². The van der Waals surface area contributed by atoms with E-state index in [0.717, 1.165) is 0 Å². The molecule has 0 bridgehead atoms. The summed E-state index contributed by atoms with van der Waals surface area (Å²) >= 11 is 0. The highest BCUT2D eigenvalue weighted by atomic mass is 14.5. The summed E-state index contributed by atoms with van der Waals surface area (Å²) in [4.78, 5) is 0. The van der Waals surface area contributed by atoms with Crippen molar-refractivity contribution < 1.29 is 0 Å². The summed E-state index contributed by atoms with van der Waals surface area (Å²) in [5.41, 5.74) is 13.4. The van der Waals surface area contributed by atoms with Crippen LogP contribution >= 0.6 is 0 Å². The van der Waals surface area contributed by atoms with Crippen LogP contribution in [0.4, 0.5) is 0 Å². The zero-order valence-electron chi connectivity index (χ0n) is 10.7. The van der Waals surface area contributed by atoms with Crippen LogP contribution in [0, 0.1) is 20.8 Å². The summed E-state index contributed by atoms with van der Waals surface area (Å²) in [5.74, 6) is 0. The van der Waals surface area contributed by atoms with Gasteiger partial charge in [-0.1, -0.05) is 35.9 Å². The lowest BCUT2D eigenvalue weighted by molar-refractivity contribution is 1.07. The van der Waals surface area contributed by atoms with Gasteiger partial charge < -0.3 is 5.73 Å². The number of hydrogen-bond donors (Lipinski definition) is 1. The highest BCUT2D eigenvalue weighted by Gasteiger charge is 2.06. The van der Waals surface area contributed by atoms with E-state index in [1.54, 1.807) is 0 Å². The van der Waals surface area contributed by atoms with E-state index >= 15 is 0 Å². The van der Waals surface area contributed by atoms with E-state index < -0.39 is 0 Å². The fourth-order valence-corrected chi connectivity index (χ4v) is 2.11. The van der Waals surface area contributed by atoms with Gasteiger partial charge in [-0.15, -0.1) is 0 Å². The fraction of sp³-hybridized carbons (Fsp3) is 0.250. The molecule has 0 atom stereocenters.